The van der Waals surface area contributed by atoms with Crippen molar-refractivity contribution in [3.8, 4) is 0 Å². The summed E-state index contributed by atoms with van der Waals surface area (Å²) in [7, 11) is -3.42. The lowest BCUT2D eigenvalue weighted by molar-refractivity contribution is -0.128. The van der Waals surface area contributed by atoms with Crippen LogP contribution in [0.2, 0.25) is 0 Å². The second-order valence-corrected chi connectivity index (χ2v) is 8.31. The number of nitrogens with one attached hydrogen (secondary N) is 2. The maximum Gasteiger partial charge on any atom is 0.235 e. The summed E-state index contributed by atoms with van der Waals surface area (Å²) in [5.41, 5.74) is 1.06. The highest BCUT2D eigenvalue weighted by Gasteiger charge is 2.30. The zero-order valence-electron chi connectivity index (χ0n) is 14.4. The number of hydrogen-bond donors (Lipinski definition) is 2. The lowest BCUT2D eigenvalue weighted by atomic mass is 10.0. The summed E-state index contributed by atoms with van der Waals surface area (Å²) < 4.78 is 24.2. The Morgan fingerprint density at radius 2 is 1.92 bits per heavy atom. The molecule has 0 saturated carbocycles. The van der Waals surface area contributed by atoms with Gasteiger partial charge in [0.25, 0.3) is 0 Å². The number of rotatable bonds is 6. The van der Waals surface area contributed by atoms with E-state index in [4.69, 9.17) is 0 Å². The minimum absolute atomic E-state index is 0.0284. The predicted octanol–water partition coefficient (Wildman–Crippen LogP) is 0.606. The predicted molar refractivity (Wildman–Crippen MR) is 98.8 cm³/mol. The number of carbonyl (C=O) groups excluding carboxylic acids is 2. The van der Waals surface area contributed by atoms with Crippen molar-refractivity contribution < 1.29 is 18.0 Å². The molecule has 138 valence electrons. The third kappa shape index (κ3) is 4.59. The summed E-state index contributed by atoms with van der Waals surface area (Å²) in [6.45, 7) is 0.563. The minimum Gasteiger partial charge on any atom is -0.350 e. The van der Waals surface area contributed by atoms with Crippen LogP contribution in [0, 0.1) is 0 Å². The Bertz CT molecular complexity index is 937. The minimum atomic E-state index is -3.42. The van der Waals surface area contributed by atoms with Gasteiger partial charge in [-0.15, -0.1) is 0 Å². The fourth-order valence-corrected chi connectivity index (χ4v) is 3.53. The van der Waals surface area contributed by atoms with Gasteiger partial charge in [0.1, 0.15) is 0 Å². The first-order chi connectivity index (χ1) is 12.3. The van der Waals surface area contributed by atoms with Gasteiger partial charge in [-0.1, -0.05) is 42.5 Å². The molecule has 1 aliphatic rings. The molecule has 3 rings (SSSR count). The SMILES string of the molecule is CS(=O)(=O)NCC(=O)NC1CC(=O)N(Cc2cccc3ccccc23)C1. The first-order valence-corrected chi connectivity index (χ1v) is 10.2. The molecule has 1 atom stereocenters. The number of hydrogen-bond acceptors (Lipinski definition) is 4. The first kappa shape index (κ1) is 18.3. The number of likely N-dealkylation sites (tertiary alicyclic amines) is 1. The number of fused-ring (bicyclic) bond motifs is 1. The fraction of sp³-hybridized carbons (Fsp3) is 0.333. The number of nitrogens with zero attached hydrogens (tertiary/aromatic N) is 1. The molecule has 1 unspecified atom stereocenters. The molecule has 0 aliphatic carbocycles. The highest BCUT2D eigenvalue weighted by atomic mass is 32.2. The number of carbonyl (C=O) groups is 2. The third-order valence-electron chi connectivity index (χ3n) is 4.32. The van der Waals surface area contributed by atoms with Crippen LogP contribution in [0.3, 0.4) is 0 Å². The van der Waals surface area contributed by atoms with E-state index in [1.54, 1.807) is 4.90 Å². The molecule has 2 amide bonds. The molecule has 1 saturated heterocycles. The van der Waals surface area contributed by atoms with Crippen molar-refractivity contribution in [3.63, 3.8) is 0 Å². The number of amides is 2. The lowest BCUT2D eigenvalue weighted by Gasteiger charge is -2.18. The highest BCUT2D eigenvalue weighted by Crippen LogP contribution is 2.22. The van der Waals surface area contributed by atoms with E-state index in [9.17, 15) is 18.0 Å². The molecule has 8 heteroatoms. The second kappa shape index (κ2) is 7.43. The van der Waals surface area contributed by atoms with E-state index in [1.807, 2.05) is 42.5 Å². The second-order valence-electron chi connectivity index (χ2n) is 6.47. The van der Waals surface area contributed by atoms with Gasteiger partial charge in [-0.05, 0) is 16.3 Å². The highest BCUT2D eigenvalue weighted by molar-refractivity contribution is 7.88. The average molecular weight is 375 g/mol. The Kier molecular flexibility index (Phi) is 5.24. The summed E-state index contributed by atoms with van der Waals surface area (Å²) in [5, 5.41) is 4.93. The van der Waals surface area contributed by atoms with Crippen molar-refractivity contribution in [2.75, 3.05) is 19.3 Å². The molecular formula is C18H21N3O4S. The van der Waals surface area contributed by atoms with Crippen LogP contribution in [0.1, 0.15) is 12.0 Å². The van der Waals surface area contributed by atoms with Crippen LogP contribution in [-0.4, -0.2) is 50.5 Å². The van der Waals surface area contributed by atoms with Crippen LogP contribution in [0.25, 0.3) is 10.8 Å². The Balaban J connectivity index is 1.62. The molecule has 26 heavy (non-hydrogen) atoms. The van der Waals surface area contributed by atoms with Crippen molar-refractivity contribution in [1.82, 2.24) is 14.9 Å². The van der Waals surface area contributed by atoms with Gasteiger partial charge in [-0.25, -0.2) is 13.1 Å². The molecular weight excluding hydrogens is 354 g/mol. The summed E-state index contributed by atoms with van der Waals surface area (Å²) in [6.07, 6.45) is 1.21. The molecule has 2 aromatic carbocycles. The van der Waals surface area contributed by atoms with Crippen molar-refractivity contribution in [1.29, 1.82) is 0 Å². The van der Waals surface area contributed by atoms with Crippen molar-refractivity contribution in [2.24, 2.45) is 0 Å². The molecule has 1 fully saturated rings. The monoisotopic (exact) mass is 375 g/mol. The smallest absolute Gasteiger partial charge is 0.235 e. The number of sulfonamides is 1. The summed E-state index contributed by atoms with van der Waals surface area (Å²) in [4.78, 5) is 25.8. The molecule has 0 radical (unpaired) electrons. The molecule has 0 aromatic heterocycles. The maximum atomic E-state index is 12.3. The van der Waals surface area contributed by atoms with E-state index >= 15 is 0 Å². The molecule has 7 nitrogen and oxygen atoms in total. The van der Waals surface area contributed by atoms with Gasteiger partial charge in [0.15, 0.2) is 0 Å². The van der Waals surface area contributed by atoms with Gasteiger partial charge < -0.3 is 10.2 Å². The van der Waals surface area contributed by atoms with E-state index in [-0.39, 0.29) is 24.9 Å². The summed E-state index contributed by atoms with van der Waals surface area (Å²) in [6, 6.07) is 13.7. The Labute approximate surface area is 152 Å². The van der Waals surface area contributed by atoms with Crippen LogP contribution in [-0.2, 0) is 26.2 Å². The Morgan fingerprint density at radius 1 is 1.19 bits per heavy atom. The van der Waals surface area contributed by atoms with Gasteiger partial charge in [-0.3, -0.25) is 9.59 Å². The van der Waals surface area contributed by atoms with E-state index in [0.717, 1.165) is 22.6 Å². The van der Waals surface area contributed by atoms with Crippen LogP contribution < -0.4 is 10.0 Å². The molecule has 0 spiro atoms. The van der Waals surface area contributed by atoms with Crippen molar-refractivity contribution in [3.05, 3.63) is 48.0 Å². The fourth-order valence-electron chi connectivity index (χ4n) is 3.13. The topological polar surface area (TPSA) is 95.6 Å². The van der Waals surface area contributed by atoms with Gasteiger partial charge in [0, 0.05) is 19.5 Å². The van der Waals surface area contributed by atoms with Crippen LogP contribution >= 0.6 is 0 Å². The van der Waals surface area contributed by atoms with Crippen LogP contribution in [0.4, 0.5) is 0 Å². The van der Waals surface area contributed by atoms with E-state index < -0.39 is 15.9 Å². The standard InChI is InChI=1S/C18H21N3O4S/c1-26(24,25)19-10-17(22)20-15-9-18(23)21(12-15)11-14-7-4-6-13-5-2-3-8-16(13)14/h2-8,15,19H,9-12H2,1H3,(H,20,22). The molecule has 1 aliphatic heterocycles. The zero-order valence-corrected chi connectivity index (χ0v) is 15.3. The summed E-state index contributed by atoms with van der Waals surface area (Å²) >= 11 is 0. The van der Waals surface area contributed by atoms with Crippen LogP contribution in [0.5, 0.6) is 0 Å². The first-order valence-electron chi connectivity index (χ1n) is 8.30. The maximum absolute atomic E-state index is 12.3. The normalized spacial score (nSPS) is 17.7. The van der Waals surface area contributed by atoms with E-state index in [1.165, 1.54) is 0 Å². The van der Waals surface area contributed by atoms with Gasteiger partial charge >= 0.3 is 0 Å². The molecule has 2 N–H and O–H groups in total. The number of benzene rings is 2. The van der Waals surface area contributed by atoms with Crippen LogP contribution in [0.15, 0.2) is 42.5 Å². The molecule has 1 heterocycles. The Morgan fingerprint density at radius 3 is 2.69 bits per heavy atom. The quantitative estimate of drug-likeness (QED) is 0.773. The summed E-state index contributed by atoms with van der Waals surface area (Å²) in [5.74, 6) is -0.473. The van der Waals surface area contributed by atoms with Gasteiger partial charge in [0.05, 0.1) is 18.8 Å². The van der Waals surface area contributed by atoms with Crippen molar-refractivity contribution >= 4 is 32.6 Å². The third-order valence-corrected chi connectivity index (χ3v) is 4.98. The average Bonchev–Trinajstić information content (AvgIpc) is 2.92. The van der Waals surface area contributed by atoms with E-state index in [2.05, 4.69) is 10.0 Å². The van der Waals surface area contributed by atoms with Gasteiger partial charge in [0.2, 0.25) is 21.8 Å². The van der Waals surface area contributed by atoms with Crippen molar-refractivity contribution in [2.45, 2.75) is 19.0 Å². The lowest BCUT2D eigenvalue weighted by Crippen LogP contribution is -2.42. The molecule has 0 bridgehead atoms. The largest absolute Gasteiger partial charge is 0.350 e. The molecule has 2 aromatic rings. The van der Waals surface area contributed by atoms with Gasteiger partial charge in [-0.2, -0.15) is 0 Å². The van der Waals surface area contributed by atoms with E-state index in [0.29, 0.717) is 13.1 Å². The zero-order chi connectivity index (χ0) is 18.7. The Hall–Kier alpha value is -2.45.